The lowest BCUT2D eigenvalue weighted by atomic mass is 10.1. The molecule has 8 N–H and O–H groups in total. The van der Waals surface area contributed by atoms with Crippen LogP contribution in [0.5, 0.6) is 0 Å². The minimum atomic E-state index is -0.00273. The highest BCUT2D eigenvalue weighted by Gasteiger charge is 2.00. The van der Waals surface area contributed by atoms with E-state index in [4.69, 9.17) is 28.0 Å². The van der Waals surface area contributed by atoms with Crippen LogP contribution in [0.4, 0.5) is 5.69 Å². The van der Waals surface area contributed by atoms with Gasteiger partial charge in [0, 0.05) is 16.8 Å². The van der Waals surface area contributed by atoms with E-state index in [-0.39, 0.29) is 11.7 Å². The molecule has 0 unspecified atom stereocenters. The molecule has 0 aliphatic carbocycles. The van der Waals surface area contributed by atoms with Crippen molar-refractivity contribution in [1.82, 2.24) is 0 Å². The Bertz CT molecular complexity index is 714. The van der Waals surface area contributed by atoms with Gasteiger partial charge in [0.15, 0.2) is 0 Å². The molecule has 0 aliphatic heterocycles. The first-order valence-corrected chi connectivity index (χ1v) is 6.34. The van der Waals surface area contributed by atoms with Crippen molar-refractivity contribution in [3.8, 4) is 0 Å². The SMILES string of the molecule is N=C(N)c1ccc(/C=C/c2ccc(C(=N)N)cc2N)cc1. The molecule has 106 valence electrons. The van der Waals surface area contributed by atoms with Crippen molar-refractivity contribution in [2.24, 2.45) is 11.5 Å². The van der Waals surface area contributed by atoms with Crippen molar-refractivity contribution >= 4 is 29.5 Å². The molecule has 5 heteroatoms. The van der Waals surface area contributed by atoms with E-state index in [1.165, 1.54) is 0 Å². The number of amidine groups is 2. The maximum Gasteiger partial charge on any atom is 0.122 e. The molecule has 0 radical (unpaired) electrons. The van der Waals surface area contributed by atoms with Crippen LogP contribution in [0, 0.1) is 10.8 Å². The zero-order chi connectivity index (χ0) is 15.4. The summed E-state index contributed by atoms with van der Waals surface area (Å²) in [7, 11) is 0. The highest BCUT2D eigenvalue weighted by Crippen LogP contribution is 2.17. The normalized spacial score (nSPS) is 10.7. The van der Waals surface area contributed by atoms with Crippen LogP contribution in [0.15, 0.2) is 42.5 Å². The van der Waals surface area contributed by atoms with Crippen LogP contribution in [0.3, 0.4) is 0 Å². The van der Waals surface area contributed by atoms with Gasteiger partial charge in [-0.2, -0.15) is 0 Å². The number of nitrogen functional groups attached to an aromatic ring is 3. The predicted octanol–water partition coefficient (Wildman–Crippen LogP) is 2.01. The number of anilines is 1. The first-order valence-electron chi connectivity index (χ1n) is 6.34. The molecule has 21 heavy (non-hydrogen) atoms. The second-order valence-electron chi connectivity index (χ2n) is 4.63. The topological polar surface area (TPSA) is 126 Å². The quantitative estimate of drug-likeness (QED) is 0.254. The van der Waals surface area contributed by atoms with Gasteiger partial charge in [-0.1, -0.05) is 48.6 Å². The molecule has 2 aromatic carbocycles. The molecule has 0 spiro atoms. The predicted molar refractivity (Wildman–Crippen MR) is 88.3 cm³/mol. The first-order chi connectivity index (χ1) is 9.97. The molecule has 0 aliphatic rings. The molecule has 5 nitrogen and oxygen atoms in total. The van der Waals surface area contributed by atoms with E-state index in [0.29, 0.717) is 16.8 Å². The summed E-state index contributed by atoms with van der Waals surface area (Å²) >= 11 is 0. The molecular formula is C16H17N5. The zero-order valence-electron chi connectivity index (χ0n) is 11.4. The smallest absolute Gasteiger partial charge is 0.122 e. The fraction of sp³-hybridized carbons (Fsp3) is 0. The number of nitrogens with one attached hydrogen (secondary N) is 2. The summed E-state index contributed by atoms with van der Waals surface area (Å²) in [6.45, 7) is 0. The average Bonchev–Trinajstić information content (AvgIpc) is 2.46. The monoisotopic (exact) mass is 279 g/mol. The Morgan fingerprint density at radius 1 is 0.810 bits per heavy atom. The summed E-state index contributed by atoms with van der Waals surface area (Å²) in [5, 5.41) is 14.7. The van der Waals surface area contributed by atoms with Crippen LogP contribution < -0.4 is 17.2 Å². The Hall–Kier alpha value is -3.08. The fourth-order valence-corrected chi connectivity index (χ4v) is 1.85. The first kappa shape index (κ1) is 14.3. The van der Waals surface area contributed by atoms with Crippen LogP contribution in [-0.4, -0.2) is 11.7 Å². The Morgan fingerprint density at radius 2 is 1.38 bits per heavy atom. The van der Waals surface area contributed by atoms with Crippen LogP contribution >= 0.6 is 0 Å². The van der Waals surface area contributed by atoms with Gasteiger partial charge >= 0.3 is 0 Å². The molecule has 0 heterocycles. The van der Waals surface area contributed by atoms with Gasteiger partial charge in [0.1, 0.15) is 11.7 Å². The van der Waals surface area contributed by atoms with Crippen molar-refractivity contribution in [1.29, 1.82) is 10.8 Å². The summed E-state index contributed by atoms with van der Waals surface area (Å²) in [6.07, 6.45) is 3.81. The standard InChI is InChI=1S/C16H17N5/c17-14-9-13(16(20)21)8-7-11(14)4-1-10-2-5-12(6-3-10)15(18)19/h1-9H,17H2,(H3,18,19)(H3,20,21)/b4-1+. The van der Waals surface area contributed by atoms with Gasteiger partial charge in [-0.05, 0) is 17.2 Å². The molecular weight excluding hydrogens is 262 g/mol. The fourth-order valence-electron chi connectivity index (χ4n) is 1.85. The third kappa shape index (κ3) is 3.48. The Balaban J connectivity index is 2.21. The minimum Gasteiger partial charge on any atom is -0.398 e. The summed E-state index contributed by atoms with van der Waals surface area (Å²) in [5.74, 6) is 0.0478. The minimum absolute atomic E-state index is 0.00273. The third-order valence-electron chi connectivity index (χ3n) is 3.07. The Kier molecular flexibility index (Phi) is 4.04. The van der Waals surface area contributed by atoms with E-state index in [9.17, 15) is 0 Å². The number of hydrogen-bond acceptors (Lipinski definition) is 3. The Morgan fingerprint density at radius 3 is 1.90 bits per heavy atom. The highest BCUT2D eigenvalue weighted by atomic mass is 14.7. The molecule has 0 saturated heterocycles. The molecule has 0 atom stereocenters. The number of hydrogen-bond donors (Lipinski definition) is 5. The molecule has 0 amide bonds. The van der Waals surface area contributed by atoms with Crippen molar-refractivity contribution < 1.29 is 0 Å². The molecule has 0 aromatic heterocycles. The average molecular weight is 279 g/mol. The second-order valence-corrected chi connectivity index (χ2v) is 4.63. The second kappa shape index (κ2) is 5.92. The molecule has 2 aromatic rings. The largest absolute Gasteiger partial charge is 0.398 e. The molecule has 0 fully saturated rings. The Labute approximate surface area is 123 Å². The summed E-state index contributed by atoms with van der Waals surface area (Å²) in [5.41, 5.74) is 20.5. The van der Waals surface area contributed by atoms with Gasteiger partial charge in [-0.3, -0.25) is 10.8 Å². The van der Waals surface area contributed by atoms with E-state index in [1.54, 1.807) is 24.3 Å². The summed E-state index contributed by atoms with van der Waals surface area (Å²) < 4.78 is 0. The van der Waals surface area contributed by atoms with Gasteiger partial charge in [0.2, 0.25) is 0 Å². The highest BCUT2D eigenvalue weighted by molar-refractivity contribution is 5.97. The van der Waals surface area contributed by atoms with E-state index in [2.05, 4.69) is 0 Å². The van der Waals surface area contributed by atoms with E-state index < -0.39 is 0 Å². The van der Waals surface area contributed by atoms with Crippen LogP contribution in [0.2, 0.25) is 0 Å². The molecule has 0 bridgehead atoms. The van der Waals surface area contributed by atoms with Gasteiger partial charge in [0.25, 0.3) is 0 Å². The van der Waals surface area contributed by atoms with Crippen LogP contribution in [0.1, 0.15) is 22.3 Å². The maximum atomic E-state index is 7.37. The van der Waals surface area contributed by atoms with Gasteiger partial charge in [-0.25, -0.2) is 0 Å². The van der Waals surface area contributed by atoms with Crippen molar-refractivity contribution in [2.75, 3.05) is 5.73 Å². The van der Waals surface area contributed by atoms with Crippen molar-refractivity contribution in [2.45, 2.75) is 0 Å². The van der Waals surface area contributed by atoms with Crippen LogP contribution in [-0.2, 0) is 0 Å². The van der Waals surface area contributed by atoms with Gasteiger partial charge < -0.3 is 17.2 Å². The van der Waals surface area contributed by atoms with Gasteiger partial charge in [-0.15, -0.1) is 0 Å². The lowest BCUT2D eigenvalue weighted by Crippen LogP contribution is -2.11. The number of benzene rings is 2. The van der Waals surface area contributed by atoms with E-state index >= 15 is 0 Å². The van der Waals surface area contributed by atoms with E-state index in [1.807, 2.05) is 30.4 Å². The number of nitrogens with two attached hydrogens (primary N) is 3. The maximum absolute atomic E-state index is 7.37. The van der Waals surface area contributed by atoms with Crippen molar-refractivity contribution in [3.63, 3.8) is 0 Å². The summed E-state index contributed by atoms with van der Waals surface area (Å²) in [4.78, 5) is 0. The van der Waals surface area contributed by atoms with Crippen LogP contribution in [0.25, 0.3) is 12.2 Å². The molecule has 2 rings (SSSR count). The summed E-state index contributed by atoms with van der Waals surface area (Å²) in [6, 6.07) is 12.6. The number of rotatable bonds is 4. The lowest BCUT2D eigenvalue weighted by Gasteiger charge is -2.04. The van der Waals surface area contributed by atoms with Gasteiger partial charge in [0.05, 0.1) is 0 Å². The molecule has 0 saturated carbocycles. The lowest BCUT2D eigenvalue weighted by molar-refractivity contribution is 1.42. The zero-order valence-corrected chi connectivity index (χ0v) is 11.4. The third-order valence-corrected chi connectivity index (χ3v) is 3.07. The van der Waals surface area contributed by atoms with Crippen molar-refractivity contribution in [3.05, 3.63) is 64.7 Å². The van der Waals surface area contributed by atoms with E-state index in [0.717, 1.165) is 11.1 Å².